The highest BCUT2D eigenvalue weighted by Crippen LogP contribution is 2.39. The summed E-state index contributed by atoms with van der Waals surface area (Å²) in [6.45, 7) is 0. The maximum absolute atomic E-state index is 13.9. The van der Waals surface area contributed by atoms with Crippen molar-refractivity contribution in [2.24, 2.45) is 11.7 Å². The van der Waals surface area contributed by atoms with Gasteiger partial charge < -0.3 is 5.73 Å². The van der Waals surface area contributed by atoms with E-state index in [1.54, 1.807) is 6.07 Å². The molecule has 1 aromatic carbocycles. The summed E-state index contributed by atoms with van der Waals surface area (Å²) in [4.78, 5) is 0. The Morgan fingerprint density at radius 1 is 1.18 bits per heavy atom. The quantitative estimate of drug-likeness (QED) is 0.784. The summed E-state index contributed by atoms with van der Waals surface area (Å²) in [5.41, 5.74) is 6.46. The molecule has 1 aliphatic carbocycles. The van der Waals surface area contributed by atoms with Crippen LogP contribution in [0, 0.1) is 11.7 Å². The normalized spacial score (nSPS) is 17.9. The lowest BCUT2D eigenvalue weighted by Crippen LogP contribution is -2.21. The molecule has 2 N–H and O–H groups in total. The number of nitrogens with two attached hydrogens (primary N) is 1. The summed E-state index contributed by atoms with van der Waals surface area (Å²) in [5, 5.41) is 0.467. The Bertz CT molecular complexity index is 392. The molecule has 0 spiro atoms. The van der Waals surface area contributed by atoms with Crippen LogP contribution in [0.5, 0.6) is 0 Å². The van der Waals surface area contributed by atoms with Crippen LogP contribution in [0.1, 0.15) is 37.3 Å². The minimum atomic E-state index is -0.464. The maximum Gasteiger partial charge on any atom is 0.148 e. The van der Waals surface area contributed by atoms with Crippen molar-refractivity contribution in [1.82, 2.24) is 0 Å². The fourth-order valence-electron chi connectivity index (χ4n) is 2.40. The zero-order chi connectivity index (χ0) is 11.7. The van der Waals surface area contributed by atoms with E-state index in [-0.39, 0.29) is 23.5 Å². The van der Waals surface area contributed by atoms with Crippen molar-refractivity contribution < 1.29 is 4.39 Å². The van der Waals surface area contributed by atoms with E-state index in [2.05, 4.69) is 0 Å². The Kier molecular flexibility index (Phi) is 5.52. The van der Waals surface area contributed by atoms with E-state index in [4.69, 9.17) is 28.9 Å². The van der Waals surface area contributed by atoms with Crippen LogP contribution in [0.4, 0.5) is 4.39 Å². The highest BCUT2D eigenvalue weighted by Gasteiger charge is 2.27. The maximum atomic E-state index is 13.9. The van der Waals surface area contributed by atoms with Crippen molar-refractivity contribution in [2.45, 2.75) is 31.7 Å². The summed E-state index contributed by atoms with van der Waals surface area (Å²) in [6.07, 6.45) is 4.42. The summed E-state index contributed by atoms with van der Waals surface area (Å²) >= 11 is 11.7. The second-order valence-corrected chi connectivity index (χ2v) is 5.14. The Hall–Kier alpha value is -0.0200. The fourth-order valence-corrected chi connectivity index (χ4v) is 2.84. The molecule has 0 bridgehead atoms. The predicted octanol–water partition coefficient (Wildman–Crippen LogP) is 4.74. The van der Waals surface area contributed by atoms with Gasteiger partial charge in [0.25, 0.3) is 0 Å². The van der Waals surface area contributed by atoms with E-state index < -0.39 is 5.82 Å². The number of hydrogen-bond donors (Lipinski definition) is 1. The van der Waals surface area contributed by atoms with Crippen molar-refractivity contribution in [1.29, 1.82) is 0 Å². The van der Waals surface area contributed by atoms with Crippen molar-refractivity contribution in [3.8, 4) is 0 Å². The topological polar surface area (TPSA) is 26.0 Å². The number of benzene rings is 1. The Balaban J connectivity index is 0.00000144. The highest BCUT2D eigenvalue weighted by atomic mass is 35.5. The second-order valence-electron chi connectivity index (χ2n) is 4.33. The van der Waals surface area contributed by atoms with E-state index in [1.807, 2.05) is 0 Å². The van der Waals surface area contributed by atoms with E-state index >= 15 is 0 Å². The molecule has 1 fully saturated rings. The molecule has 96 valence electrons. The molecule has 1 nitrogen and oxygen atoms in total. The minimum Gasteiger partial charge on any atom is -0.324 e. The van der Waals surface area contributed by atoms with Crippen LogP contribution >= 0.6 is 35.6 Å². The molecule has 0 aliphatic heterocycles. The van der Waals surface area contributed by atoms with E-state index in [0.717, 1.165) is 25.7 Å². The van der Waals surface area contributed by atoms with Gasteiger partial charge in [-0.2, -0.15) is 0 Å². The first-order valence-corrected chi connectivity index (χ1v) is 6.26. The third kappa shape index (κ3) is 3.05. The Labute approximate surface area is 117 Å². The average molecular weight is 299 g/mol. The molecule has 2 rings (SSSR count). The first kappa shape index (κ1) is 15.0. The van der Waals surface area contributed by atoms with Gasteiger partial charge in [-0.3, -0.25) is 0 Å². The van der Waals surface area contributed by atoms with Crippen LogP contribution in [0.15, 0.2) is 12.1 Å². The van der Waals surface area contributed by atoms with Crippen LogP contribution < -0.4 is 5.73 Å². The first-order chi connectivity index (χ1) is 7.61. The molecule has 0 unspecified atom stereocenters. The number of halogens is 4. The largest absolute Gasteiger partial charge is 0.324 e. The second kappa shape index (κ2) is 6.24. The molecule has 1 saturated carbocycles. The standard InChI is InChI=1S/C12H14Cl2FN.ClH/c13-8-5-6-9(14)11(15)10(8)12(16)7-3-1-2-4-7;/h5-7,12H,1-4,16H2;1H/t12-;/m1./s1. The van der Waals surface area contributed by atoms with Crippen LogP contribution in [0.2, 0.25) is 10.0 Å². The van der Waals surface area contributed by atoms with Gasteiger partial charge in [-0.15, -0.1) is 12.4 Å². The van der Waals surface area contributed by atoms with Gasteiger partial charge in [0.15, 0.2) is 0 Å². The molecule has 0 heterocycles. The predicted molar refractivity (Wildman–Crippen MR) is 72.6 cm³/mol. The summed E-state index contributed by atoms with van der Waals surface area (Å²) in [7, 11) is 0. The van der Waals surface area contributed by atoms with Gasteiger partial charge in [0.2, 0.25) is 0 Å². The van der Waals surface area contributed by atoms with Gasteiger partial charge in [-0.05, 0) is 30.9 Å². The zero-order valence-corrected chi connectivity index (χ0v) is 11.6. The molecule has 1 aromatic rings. The van der Waals surface area contributed by atoms with Crippen molar-refractivity contribution >= 4 is 35.6 Å². The number of rotatable bonds is 2. The third-order valence-corrected chi connectivity index (χ3v) is 3.94. The Morgan fingerprint density at radius 2 is 1.71 bits per heavy atom. The summed E-state index contributed by atoms with van der Waals surface area (Å²) < 4.78 is 13.9. The molecule has 0 saturated heterocycles. The minimum absolute atomic E-state index is 0. The van der Waals surface area contributed by atoms with Gasteiger partial charge >= 0.3 is 0 Å². The van der Waals surface area contributed by atoms with Crippen molar-refractivity contribution in [3.05, 3.63) is 33.6 Å². The smallest absolute Gasteiger partial charge is 0.148 e. The van der Waals surface area contributed by atoms with E-state index in [9.17, 15) is 4.39 Å². The lowest BCUT2D eigenvalue weighted by atomic mass is 9.92. The van der Waals surface area contributed by atoms with Gasteiger partial charge in [-0.1, -0.05) is 36.0 Å². The molecule has 1 aliphatic rings. The fraction of sp³-hybridized carbons (Fsp3) is 0.500. The highest BCUT2D eigenvalue weighted by molar-refractivity contribution is 6.33. The number of hydrogen-bond acceptors (Lipinski definition) is 1. The average Bonchev–Trinajstić information content (AvgIpc) is 2.77. The molecular formula is C12H15Cl3FN. The summed E-state index contributed by atoms with van der Waals surface area (Å²) in [5.74, 6) is -0.140. The Morgan fingerprint density at radius 3 is 2.29 bits per heavy atom. The zero-order valence-electron chi connectivity index (χ0n) is 9.26. The lowest BCUT2D eigenvalue weighted by molar-refractivity contribution is 0.429. The monoisotopic (exact) mass is 297 g/mol. The van der Waals surface area contributed by atoms with Gasteiger partial charge in [0.05, 0.1) is 5.02 Å². The van der Waals surface area contributed by atoms with E-state index in [0.29, 0.717) is 16.5 Å². The molecule has 0 radical (unpaired) electrons. The lowest BCUT2D eigenvalue weighted by Gasteiger charge is -2.21. The van der Waals surface area contributed by atoms with Crippen molar-refractivity contribution in [3.63, 3.8) is 0 Å². The van der Waals surface area contributed by atoms with Crippen LogP contribution in [-0.4, -0.2) is 0 Å². The van der Waals surface area contributed by atoms with Crippen LogP contribution in [-0.2, 0) is 0 Å². The molecular weight excluding hydrogens is 283 g/mol. The van der Waals surface area contributed by atoms with E-state index in [1.165, 1.54) is 6.07 Å². The summed E-state index contributed by atoms with van der Waals surface area (Å²) in [6, 6.07) is 2.73. The molecule has 5 heteroatoms. The molecule has 1 atom stereocenters. The van der Waals surface area contributed by atoms with Gasteiger partial charge in [0, 0.05) is 16.6 Å². The van der Waals surface area contributed by atoms with Crippen LogP contribution in [0.3, 0.4) is 0 Å². The van der Waals surface area contributed by atoms with Crippen molar-refractivity contribution in [2.75, 3.05) is 0 Å². The molecule has 0 amide bonds. The molecule has 17 heavy (non-hydrogen) atoms. The van der Waals surface area contributed by atoms with Gasteiger partial charge in [0.1, 0.15) is 5.82 Å². The third-order valence-electron chi connectivity index (χ3n) is 3.32. The van der Waals surface area contributed by atoms with Gasteiger partial charge in [-0.25, -0.2) is 4.39 Å². The molecule has 0 aromatic heterocycles. The SMILES string of the molecule is Cl.N[C@@H](c1c(Cl)ccc(Cl)c1F)C1CCCC1. The van der Waals surface area contributed by atoms with Crippen LogP contribution in [0.25, 0.3) is 0 Å². The first-order valence-electron chi connectivity index (χ1n) is 5.50.